The zero-order valence-electron chi connectivity index (χ0n) is 9.85. The smallest absolute Gasteiger partial charge is 0.201 e. The number of nitrogens with two attached hydrogens (primary N) is 1. The first kappa shape index (κ1) is 11.2. The number of nitrogen functional groups attached to an aromatic ring is 1. The number of nitrogens with zero attached hydrogens (tertiary/aromatic N) is 2. The molecule has 0 saturated carbocycles. The molecule has 0 atom stereocenters. The van der Waals surface area contributed by atoms with Crippen molar-refractivity contribution in [2.45, 2.75) is 13.5 Å². The first-order valence-electron chi connectivity index (χ1n) is 5.58. The lowest BCUT2D eigenvalue weighted by atomic mass is 10.2. The molecule has 3 aromatic rings. The summed E-state index contributed by atoms with van der Waals surface area (Å²) in [4.78, 5) is 4.09. The summed E-state index contributed by atoms with van der Waals surface area (Å²) in [5, 5.41) is 4.17. The normalized spacial score (nSPS) is 11.2. The molecule has 2 heterocycles. The predicted octanol–water partition coefficient (Wildman–Crippen LogP) is 3.18. The van der Waals surface area contributed by atoms with E-state index in [1.807, 2.05) is 10.6 Å². The number of rotatable bonds is 2. The summed E-state index contributed by atoms with van der Waals surface area (Å²) in [6.07, 6.45) is 0. The number of anilines is 1. The maximum Gasteiger partial charge on any atom is 0.201 e. The Balaban J connectivity index is 2.15. The summed E-state index contributed by atoms with van der Waals surface area (Å²) in [5.41, 5.74) is 9.36. The minimum Gasteiger partial charge on any atom is -0.369 e. The fourth-order valence-electron chi connectivity index (χ4n) is 2.02. The van der Waals surface area contributed by atoms with E-state index in [0.29, 0.717) is 18.0 Å². The number of aromatic nitrogens is 2. The first-order valence-corrected chi connectivity index (χ1v) is 6.53. The molecular formula is C13H12FN3S. The van der Waals surface area contributed by atoms with E-state index in [1.165, 1.54) is 17.2 Å². The lowest BCUT2D eigenvalue weighted by molar-refractivity contribution is 0.637. The molecule has 0 spiro atoms. The fourth-order valence-corrected chi connectivity index (χ4v) is 2.86. The van der Waals surface area contributed by atoms with Crippen LogP contribution in [0.1, 0.15) is 11.1 Å². The lowest BCUT2D eigenvalue weighted by Gasteiger charge is -2.06. The number of thiophene rings is 1. The molecule has 0 unspecified atom stereocenters. The molecule has 18 heavy (non-hydrogen) atoms. The summed E-state index contributed by atoms with van der Waals surface area (Å²) in [7, 11) is 0. The summed E-state index contributed by atoms with van der Waals surface area (Å²) in [6, 6.07) is 4.91. The highest BCUT2D eigenvalue weighted by atomic mass is 32.1. The van der Waals surface area contributed by atoms with Crippen molar-refractivity contribution >= 4 is 28.3 Å². The standard InChI is InChI=1S/C13H12FN3S/c1-8-6-18-7-9(8)5-17-11-4-2-3-10(14)12(11)16-13(17)15/h2-4,6-7H,5H2,1H3,(H2,15,16). The van der Waals surface area contributed by atoms with Gasteiger partial charge in [-0.25, -0.2) is 9.37 Å². The van der Waals surface area contributed by atoms with Crippen LogP contribution in [0.2, 0.25) is 0 Å². The van der Waals surface area contributed by atoms with Crippen LogP contribution in [0.4, 0.5) is 10.3 Å². The Bertz CT molecular complexity index is 714. The zero-order valence-corrected chi connectivity index (χ0v) is 10.7. The Morgan fingerprint density at radius 3 is 2.94 bits per heavy atom. The van der Waals surface area contributed by atoms with Crippen LogP contribution in [-0.4, -0.2) is 9.55 Å². The van der Waals surface area contributed by atoms with Crippen molar-refractivity contribution in [2.24, 2.45) is 0 Å². The highest BCUT2D eigenvalue weighted by molar-refractivity contribution is 7.08. The molecule has 0 radical (unpaired) electrons. The molecule has 0 amide bonds. The van der Waals surface area contributed by atoms with Gasteiger partial charge < -0.3 is 10.3 Å². The number of para-hydroxylation sites is 1. The highest BCUT2D eigenvalue weighted by Gasteiger charge is 2.12. The van der Waals surface area contributed by atoms with Gasteiger partial charge in [-0.2, -0.15) is 11.3 Å². The third kappa shape index (κ3) is 1.67. The Morgan fingerprint density at radius 1 is 1.39 bits per heavy atom. The number of benzene rings is 1. The SMILES string of the molecule is Cc1cscc1Cn1c(N)nc2c(F)cccc21. The van der Waals surface area contributed by atoms with Gasteiger partial charge in [-0.3, -0.25) is 0 Å². The highest BCUT2D eigenvalue weighted by Crippen LogP contribution is 2.23. The molecule has 0 aliphatic rings. The topological polar surface area (TPSA) is 43.8 Å². The molecule has 0 bridgehead atoms. The van der Waals surface area contributed by atoms with E-state index in [4.69, 9.17) is 5.73 Å². The number of hydrogen-bond donors (Lipinski definition) is 1. The van der Waals surface area contributed by atoms with Gasteiger partial charge in [0.25, 0.3) is 0 Å². The molecule has 0 saturated heterocycles. The van der Waals surface area contributed by atoms with Gasteiger partial charge in [0.2, 0.25) is 5.95 Å². The van der Waals surface area contributed by atoms with Crippen molar-refractivity contribution in [1.82, 2.24) is 9.55 Å². The lowest BCUT2D eigenvalue weighted by Crippen LogP contribution is -2.04. The quantitative estimate of drug-likeness (QED) is 0.770. The van der Waals surface area contributed by atoms with Crippen LogP contribution in [0, 0.1) is 12.7 Å². The molecule has 2 N–H and O–H groups in total. The van der Waals surface area contributed by atoms with E-state index in [0.717, 1.165) is 5.52 Å². The van der Waals surface area contributed by atoms with Gasteiger partial charge in [0, 0.05) is 0 Å². The van der Waals surface area contributed by atoms with E-state index in [1.54, 1.807) is 17.4 Å². The Morgan fingerprint density at radius 2 is 2.22 bits per heavy atom. The summed E-state index contributed by atoms with van der Waals surface area (Å²) >= 11 is 1.65. The van der Waals surface area contributed by atoms with E-state index >= 15 is 0 Å². The number of aryl methyl sites for hydroxylation is 1. The van der Waals surface area contributed by atoms with E-state index < -0.39 is 0 Å². The van der Waals surface area contributed by atoms with Gasteiger partial charge >= 0.3 is 0 Å². The largest absolute Gasteiger partial charge is 0.369 e. The molecule has 0 aliphatic carbocycles. The second-order valence-electron chi connectivity index (χ2n) is 4.24. The molecule has 1 aromatic carbocycles. The van der Waals surface area contributed by atoms with Gasteiger partial charge in [0.05, 0.1) is 12.1 Å². The number of halogens is 1. The average molecular weight is 261 g/mol. The molecular weight excluding hydrogens is 249 g/mol. The van der Waals surface area contributed by atoms with Crippen LogP contribution >= 0.6 is 11.3 Å². The molecule has 0 fully saturated rings. The van der Waals surface area contributed by atoms with Crippen molar-refractivity contribution in [2.75, 3.05) is 5.73 Å². The molecule has 5 heteroatoms. The molecule has 92 valence electrons. The second-order valence-corrected chi connectivity index (χ2v) is 4.99. The van der Waals surface area contributed by atoms with Crippen LogP contribution in [0.25, 0.3) is 11.0 Å². The minimum atomic E-state index is -0.333. The van der Waals surface area contributed by atoms with Gasteiger partial charge in [-0.1, -0.05) is 6.07 Å². The van der Waals surface area contributed by atoms with Crippen LogP contribution in [0.3, 0.4) is 0 Å². The molecule has 2 aromatic heterocycles. The zero-order chi connectivity index (χ0) is 12.7. The van der Waals surface area contributed by atoms with E-state index in [2.05, 4.69) is 22.7 Å². The maximum absolute atomic E-state index is 13.6. The Kier molecular flexibility index (Phi) is 2.56. The van der Waals surface area contributed by atoms with Gasteiger partial charge in [0.15, 0.2) is 5.82 Å². The molecule has 0 aliphatic heterocycles. The second kappa shape index (κ2) is 4.10. The van der Waals surface area contributed by atoms with E-state index in [-0.39, 0.29) is 5.82 Å². The van der Waals surface area contributed by atoms with Crippen LogP contribution in [0.5, 0.6) is 0 Å². The fraction of sp³-hybridized carbons (Fsp3) is 0.154. The monoisotopic (exact) mass is 261 g/mol. The van der Waals surface area contributed by atoms with Crippen molar-refractivity contribution in [3.8, 4) is 0 Å². The van der Waals surface area contributed by atoms with E-state index in [9.17, 15) is 4.39 Å². The maximum atomic E-state index is 13.6. The van der Waals surface area contributed by atoms with Gasteiger partial charge in [0.1, 0.15) is 5.52 Å². The van der Waals surface area contributed by atoms with Gasteiger partial charge in [-0.05, 0) is 40.9 Å². The third-order valence-electron chi connectivity index (χ3n) is 3.05. The van der Waals surface area contributed by atoms with Crippen LogP contribution < -0.4 is 5.73 Å². The summed E-state index contributed by atoms with van der Waals surface area (Å²) in [6.45, 7) is 2.68. The number of fused-ring (bicyclic) bond motifs is 1. The Labute approximate surface area is 108 Å². The molecule has 3 nitrogen and oxygen atoms in total. The van der Waals surface area contributed by atoms with Crippen molar-refractivity contribution in [3.63, 3.8) is 0 Å². The van der Waals surface area contributed by atoms with Gasteiger partial charge in [-0.15, -0.1) is 0 Å². The van der Waals surface area contributed by atoms with Crippen molar-refractivity contribution in [3.05, 3.63) is 45.9 Å². The average Bonchev–Trinajstić information content (AvgIpc) is 2.87. The first-order chi connectivity index (χ1) is 8.66. The van der Waals surface area contributed by atoms with Crippen molar-refractivity contribution in [1.29, 1.82) is 0 Å². The van der Waals surface area contributed by atoms with Crippen LogP contribution in [-0.2, 0) is 6.54 Å². The summed E-state index contributed by atoms with van der Waals surface area (Å²) < 4.78 is 15.4. The van der Waals surface area contributed by atoms with Crippen molar-refractivity contribution < 1.29 is 4.39 Å². The number of hydrogen-bond acceptors (Lipinski definition) is 3. The Hall–Kier alpha value is -1.88. The predicted molar refractivity (Wildman–Crippen MR) is 72.3 cm³/mol. The molecule has 3 rings (SSSR count). The minimum absolute atomic E-state index is 0.333. The summed E-state index contributed by atoms with van der Waals surface area (Å²) in [5.74, 6) is 0.0145. The van der Waals surface area contributed by atoms with Crippen LogP contribution in [0.15, 0.2) is 29.0 Å². The third-order valence-corrected chi connectivity index (χ3v) is 3.96. The number of imidazole rings is 1.